The van der Waals surface area contributed by atoms with Gasteiger partial charge in [0.2, 0.25) is 5.91 Å². The molecule has 0 aromatic heterocycles. The van der Waals surface area contributed by atoms with Gasteiger partial charge in [-0.2, -0.15) is 0 Å². The second-order valence-corrected chi connectivity index (χ2v) is 6.36. The van der Waals surface area contributed by atoms with Crippen molar-refractivity contribution in [3.8, 4) is 11.5 Å². The highest BCUT2D eigenvalue weighted by molar-refractivity contribution is 6.32. The van der Waals surface area contributed by atoms with Gasteiger partial charge in [-0.3, -0.25) is 9.59 Å². The normalized spacial score (nSPS) is 16.0. The monoisotopic (exact) mass is 374 g/mol. The van der Waals surface area contributed by atoms with Crippen LogP contribution in [0.4, 0.5) is 5.69 Å². The smallest absolute Gasteiger partial charge is 0.258 e. The van der Waals surface area contributed by atoms with Crippen LogP contribution in [0.5, 0.6) is 11.5 Å². The molecule has 2 amide bonds. The average molecular weight is 375 g/mol. The zero-order valence-electron chi connectivity index (χ0n) is 14.5. The van der Waals surface area contributed by atoms with Gasteiger partial charge >= 0.3 is 0 Å². The first-order chi connectivity index (χ1) is 12.5. The van der Waals surface area contributed by atoms with Crippen LogP contribution in [0.1, 0.15) is 28.3 Å². The molecule has 26 heavy (non-hydrogen) atoms. The van der Waals surface area contributed by atoms with Crippen LogP contribution in [-0.4, -0.2) is 32.6 Å². The molecule has 3 rings (SSSR count). The number of amides is 2. The number of hydrogen-bond donors (Lipinski definition) is 1. The maximum absolute atomic E-state index is 13.1. The summed E-state index contributed by atoms with van der Waals surface area (Å²) in [5, 5.41) is 0.288. The number of methoxy groups -OCH3 is 2. The second kappa shape index (κ2) is 7.25. The number of ether oxygens (including phenoxy) is 2. The molecule has 0 radical (unpaired) electrons. The van der Waals surface area contributed by atoms with Gasteiger partial charge in [0.15, 0.2) is 11.5 Å². The fraction of sp³-hybridized carbons (Fsp3) is 0.263. The maximum Gasteiger partial charge on any atom is 0.258 e. The van der Waals surface area contributed by atoms with Crippen LogP contribution in [0.3, 0.4) is 0 Å². The third kappa shape index (κ3) is 3.08. The number of hydrogen-bond acceptors (Lipinski definition) is 4. The van der Waals surface area contributed by atoms with Gasteiger partial charge in [0, 0.05) is 17.8 Å². The summed E-state index contributed by atoms with van der Waals surface area (Å²) < 4.78 is 10.5. The predicted octanol–water partition coefficient (Wildman–Crippen LogP) is 2.98. The van der Waals surface area contributed by atoms with Crippen LogP contribution in [0.15, 0.2) is 36.4 Å². The zero-order chi connectivity index (χ0) is 18.8. The Labute approximate surface area is 156 Å². The molecule has 0 aliphatic carbocycles. The van der Waals surface area contributed by atoms with E-state index in [9.17, 15) is 9.59 Å². The van der Waals surface area contributed by atoms with Gasteiger partial charge in [0.25, 0.3) is 5.91 Å². The molecule has 2 N–H and O–H groups in total. The minimum Gasteiger partial charge on any atom is -0.493 e. The summed E-state index contributed by atoms with van der Waals surface area (Å²) in [6.45, 7) is 0.384. The molecule has 1 aliphatic rings. The van der Waals surface area contributed by atoms with Crippen LogP contribution < -0.4 is 20.1 Å². The number of para-hydroxylation sites is 1. The average Bonchev–Trinajstić information content (AvgIpc) is 2.65. The SMILES string of the molecule is COc1cc(C(=O)N2CC[C@@H](C(N)=O)c3ccccc32)cc(Cl)c1OC. The van der Waals surface area contributed by atoms with E-state index in [1.165, 1.54) is 14.2 Å². The van der Waals surface area contributed by atoms with E-state index in [0.717, 1.165) is 5.56 Å². The summed E-state index contributed by atoms with van der Waals surface area (Å²) in [7, 11) is 2.96. The van der Waals surface area contributed by atoms with E-state index >= 15 is 0 Å². The highest BCUT2D eigenvalue weighted by Crippen LogP contribution is 2.39. The number of anilines is 1. The third-order valence-electron chi connectivity index (χ3n) is 4.51. The Hall–Kier alpha value is -2.73. The minimum atomic E-state index is -0.399. The van der Waals surface area contributed by atoms with Gasteiger partial charge in [0.05, 0.1) is 25.2 Å². The van der Waals surface area contributed by atoms with E-state index in [1.54, 1.807) is 17.0 Å². The molecule has 1 heterocycles. The van der Waals surface area contributed by atoms with Gasteiger partial charge in [-0.05, 0) is 30.2 Å². The van der Waals surface area contributed by atoms with E-state index in [2.05, 4.69) is 0 Å². The summed E-state index contributed by atoms with van der Waals surface area (Å²) in [4.78, 5) is 26.5. The van der Waals surface area contributed by atoms with Gasteiger partial charge in [-0.25, -0.2) is 0 Å². The number of carbonyl (C=O) groups is 2. The molecule has 6 nitrogen and oxygen atoms in total. The lowest BCUT2D eigenvalue weighted by atomic mass is 9.89. The van der Waals surface area contributed by atoms with Crippen molar-refractivity contribution in [3.05, 3.63) is 52.5 Å². The minimum absolute atomic E-state index is 0.233. The summed E-state index contributed by atoms with van der Waals surface area (Å²) in [5.41, 5.74) is 7.32. The van der Waals surface area contributed by atoms with Gasteiger partial charge < -0.3 is 20.1 Å². The van der Waals surface area contributed by atoms with Crippen molar-refractivity contribution in [2.24, 2.45) is 5.73 Å². The number of carbonyl (C=O) groups excluding carboxylic acids is 2. The topological polar surface area (TPSA) is 81.9 Å². The van der Waals surface area contributed by atoms with Crippen molar-refractivity contribution >= 4 is 29.1 Å². The van der Waals surface area contributed by atoms with E-state index in [-0.39, 0.29) is 10.9 Å². The predicted molar refractivity (Wildman–Crippen MR) is 99.2 cm³/mol. The number of nitrogens with zero attached hydrogens (tertiary/aromatic N) is 1. The highest BCUT2D eigenvalue weighted by Gasteiger charge is 2.32. The molecule has 1 aliphatic heterocycles. The van der Waals surface area contributed by atoms with E-state index in [4.69, 9.17) is 26.8 Å². The lowest BCUT2D eigenvalue weighted by Crippen LogP contribution is -2.39. The molecule has 0 unspecified atom stereocenters. The Morgan fingerprint density at radius 1 is 1.19 bits per heavy atom. The van der Waals surface area contributed by atoms with Crippen LogP contribution in [-0.2, 0) is 4.79 Å². The summed E-state index contributed by atoms with van der Waals surface area (Å²) in [5.74, 6) is -0.270. The molecule has 2 aromatic rings. The van der Waals surface area contributed by atoms with Crippen molar-refractivity contribution in [3.63, 3.8) is 0 Å². The number of nitrogens with two attached hydrogens (primary N) is 1. The molecule has 0 saturated heterocycles. The largest absolute Gasteiger partial charge is 0.493 e. The van der Waals surface area contributed by atoms with Crippen LogP contribution >= 0.6 is 11.6 Å². The van der Waals surface area contributed by atoms with E-state index in [1.807, 2.05) is 24.3 Å². The Kier molecular flexibility index (Phi) is 5.04. The lowest BCUT2D eigenvalue weighted by molar-refractivity contribution is -0.119. The van der Waals surface area contributed by atoms with Crippen molar-refractivity contribution in [1.82, 2.24) is 0 Å². The maximum atomic E-state index is 13.1. The first-order valence-corrected chi connectivity index (χ1v) is 8.47. The van der Waals surface area contributed by atoms with Crippen LogP contribution in [0, 0.1) is 0 Å². The first kappa shape index (κ1) is 18.1. The Bertz CT molecular complexity index is 869. The second-order valence-electron chi connectivity index (χ2n) is 5.95. The fourth-order valence-corrected chi connectivity index (χ4v) is 3.55. The Morgan fingerprint density at radius 3 is 2.58 bits per heavy atom. The molecule has 0 spiro atoms. The molecule has 0 saturated carbocycles. The summed E-state index contributed by atoms with van der Waals surface area (Å²) in [6, 6.07) is 10.4. The molecule has 2 aromatic carbocycles. The first-order valence-electron chi connectivity index (χ1n) is 8.09. The fourth-order valence-electron chi connectivity index (χ4n) is 3.27. The number of rotatable bonds is 4. The quantitative estimate of drug-likeness (QED) is 0.891. The summed E-state index contributed by atoms with van der Waals surface area (Å²) >= 11 is 6.22. The van der Waals surface area contributed by atoms with Crippen molar-refractivity contribution in [2.75, 3.05) is 25.7 Å². The zero-order valence-corrected chi connectivity index (χ0v) is 15.2. The van der Waals surface area contributed by atoms with Gasteiger partial charge in [-0.15, -0.1) is 0 Å². The number of primary amides is 1. The standard InChI is InChI=1S/C19H19ClN2O4/c1-25-16-10-11(9-14(20)17(16)26-2)19(24)22-8-7-13(18(21)23)12-5-3-4-6-15(12)22/h3-6,9-10,13H,7-8H2,1-2H3,(H2,21,23)/t13-/m1/s1. The Morgan fingerprint density at radius 2 is 1.92 bits per heavy atom. The number of fused-ring (bicyclic) bond motifs is 1. The van der Waals surface area contributed by atoms with Crippen molar-refractivity contribution < 1.29 is 19.1 Å². The molecule has 136 valence electrons. The van der Waals surface area contributed by atoms with E-state index in [0.29, 0.717) is 35.7 Å². The highest BCUT2D eigenvalue weighted by atomic mass is 35.5. The molecule has 1 atom stereocenters. The number of halogens is 1. The van der Waals surface area contributed by atoms with Crippen LogP contribution in [0.25, 0.3) is 0 Å². The van der Waals surface area contributed by atoms with E-state index < -0.39 is 11.8 Å². The number of benzene rings is 2. The molecule has 0 fully saturated rings. The molecular formula is C19H19ClN2O4. The Balaban J connectivity index is 2.02. The molecular weight excluding hydrogens is 356 g/mol. The molecule has 0 bridgehead atoms. The lowest BCUT2D eigenvalue weighted by Gasteiger charge is -2.33. The summed E-state index contributed by atoms with van der Waals surface area (Å²) in [6.07, 6.45) is 0.471. The van der Waals surface area contributed by atoms with Crippen molar-refractivity contribution in [2.45, 2.75) is 12.3 Å². The van der Waals surface area contributed by atoms with Gasteiger partial charge in [-0.1, -0.05) is 29.8 Å². The van der Waals surface area contributed by atoms with Crippen LogP contribution in [0.2, 0.25) is 5.02 Å². The molecule has 7 heteroatoms. The van der Waals surface area contributed by atoms with Gasteiger partial charge in [0.1, 0.15) is 0 Å². The third-order valence-corrected chi connectivity index (χ3v) is 4.79. The van der Waals surface area contributed by atoms with Crippen molar-refractivity contribution in [1.29, 1.82) is 0 Å².